The molecule has 0 saturated carbocycles. The molecule has 3 N–H and O–H groups in total. The van der Waals surface area contributed by atoms with E-state index < -0.39 is 5.97 Å². The molecule has 4 aromatic rings. The van der Waals surface area contributed by atoms with E-state index in [2.05, 4.69) is 26.2 Å². The third-order valence-electron chi connectivity index (χ3n) is 5.92. The van der Waals surface area contributed by atoms with Crippen LogP contribution in [0.1, 0.15) is 31.8 Å². The minimum absolute atomic E-state index is 0.320. The molecule has 0 spiro atoms. The van der Waals surface area contributed by atoms with Crippen molar-refractivity contribution in [1.82, 2.24) is 4.98 Å². The third-order valence-corrected chi connectivity index (χ3v) is 6.42. The predicted molar refractivity (Wildman–Crippen MR) is 151 cm³/mol. The number of pyridine rings is 1. The number of fused-ring (bicyclic) bond motifs is 1. The summed E-state index contributed by atoms with van der Waals surface area (Å²) in [7, 11) is 2.92. The number of rotatable bonds is 6. The van der Waals surface area contributed by atoms with Gasteiger partial charge in [-0.1, -0.05) is 46.3 Å². The maximum absolute atomic E-state index is 13.9. The van der Waals surface area contributed by atoms with Crippen molar-refractivity contribution in [3.05, 3.63) is 106 Å². The molecule has 0 aliphatic heterocycles. The van der Waals surface area contributed by atoms with Gasteiger partial charge in [0.1, 0.15) is 0 Å². The fourth-order valence-electron chi connectivity index (χ4n) is 4.17. The van der Waals surface area contributed by atoms with Crippen molar-refractivity contribution < 1.29 is 14.3 Å². The van der Waals surface area contributed by atoms with Gasteiger partial charge >= 0.3 is 5.97 Å². The number of nitrogens with two attached hydrogens (primary N) is 1. The average molecular weight is 557 g/mol. The molecule has 0 saturated heterocycles. The van der Waals surface area contributed by atoms with Gasteiger partial charge in [0.05, 0.1) is 40.8 Å². The monoisotopic (exact) mass is 556 g/mol. The summed E-state index contributed by atoms with van der Waals surface area (Å²) in [5.41, 5.74) is 11.0. The van der Waals surface area contributed by atoms with Crippen LogP contribution in [0.15, 0.2) is 88.5 Å². The Labute approximate surface area is 223 Å². The number of carbonyl (C=O) groups is 2. The number of nitrogens with zero attached hydrogens (tertiary/aromatic N) is 2. The molecule has 4 rings (SSSR count). The number of allylic oxidation sites excluding steroid dienone is 1. The lowest BCUT2D eigenvalue weighted by molar-refractivity contribution is 0.0600. The summed E-state index contributed by atoms with van der Waals surface area (Å²) < 4.78 is 5.70. The largest absolute Gasteiger partial charge is 0.465 e. The summed E-state index contributed by atoms with van der Waals surface area (Å²) >= 11 is 3.52. The van der Waals surface area contributed by atoms with E-state index in [-0.39, 0.29) is 5.91 Å². The van der Waals surface area contributed by atoms with E-state index >= 15 is 0 Å². The van der Waals surface area contributed by atoms with Crippen LogP contribution in [0.2, 0.25) is 0 Å². The van der Waals surface area contributed by atoms with Crippen LogP contribution >= 0.6 is 15.9 Å². The molecule has 0 unspecified atom stereocenters. The van der Waals surface area contributed by atoms with Crippen LogP contribution in [0.5, 0.6) is 0 Å². The molecule has 1 heterocycles. The highest BCUT2D eigenvalue weighted by Gasteiger charge is 2.21. The van der Waals surface area contributed by atoms with Crippen molar-refractivity contribution in [3.63, 3.8) is 0 Å². The number of hydrogen-bond donors (Lipinski definition) is 2. The van der Waals surface area contributed by atoms with E-state index in [9.17, 15) is 9.59 Å². The van der Waals surface area contributed by atoms with Gasteiger partial charge in [0.2, 0.25) is 0 Å². The quantitative estimate of drug-likeness (QED) is 0.227. The van der Waals surface area contributed by atoms with Crippen molar-refractivity contribution in [3.8, 4) is 11.3 Å². The standard InChI is InChI=1S/C29H25BrN4O3/c1-17-26(22-16-20(30)10-12-25(22)33-27(17)18-7-5-4-6-8-18)28(35)34-24-11-9-19(29(36)37-3)15-21(24)23(32-2)13-14-31/h4-16H,31H2,1-3H3,(H,34,35)/b14-13-,32-23?. The zero-order valence-electron chi connectivity index (χ0n) is 20.6. The molecule has 0 bridgehead atoms. The number of amides is 1. The number of hydrogen-bond acceptors (Lipinski definition) is 6. The lowest BCUT2D eigenvalue weighted by Gasteiger charge is -2.17. The van der Waals surface area contributed by atoms with Gasteiger partial charge in [0, 0.05) is 28.0 Å². The lowest BCUT2D eigenvalue weighted by Crippen LogP contribution is -2.18. The number of nitrogens with one attached hydrogen (secondary N) is 1. The molecule has 0 aliphatic rings. The van der Waals surface area contributed by atoms with E-state index in [1.54, 1.807) is 31.3 Å². The molecule has 0 atom stereocenters. The van der Waals surface area contributed by atoms with Gasteiger partial charge in [0.15, 0.2) is 0 Å². The summed E-state index contributed by atoms with van der Waals surface area (Å²) in [5, 5.41) is 3.74. The van der Waals surface area contributed by atoms with Crippen LogP contribution in [-0.4, -0.2) is 36.7 Å². The van der Waals surface area contributed by atoms with Gasteiger partial charge in [-0.25, -0.2) is 9.78 Å². The molecule has 0 fully saturated rings. The van der Waals surface area contributed by atoms with Gasteiger partial charge in [-0.2, -0.15) is 0 Å². The molecule has 1 aromatic heterocycles. The zero-order valence-corrected chi connectivity index (χ0v) is 22.2. The first-order valence-corrected chi connectivity index (χ1v) is 12.2. The van der Waals surface area contributed by atoms with Gasteiger partial charge < -0.3 is 15.8 Å². The second-order valence-electron chi connectivity index (χ2n) is 8.16. The molecular weight excluding hydrogens is 532 g/mol. The molecule has 37 heavy (non-hydrogen) atoms. The minimum Gasteiger partial charge on any atom is -0.465 e. The van der Waals surface area contributed by atoms with Gasteiger partial charge in [0.25, 0.3) is 5.91 Å². The number of anilines is 1. The second kappa shape index (κ2) is 11.2. The molecule has 1 amide bonds. The number of methoxy groups -OCH3 is 1. The summed E-state index contributed by atoms with van der Waals surface area (Å²) in [5.74, 6) is -0.820. The fourth-order valence-corrected chi connectivity index (χ4v) is 4.53. The SMILES string of the molecule is CN=C(/C=C\N)c1cc(C(=O)OC)ccc1NC(=O)c1c(C)c(-c2ccccc2)nc2ccc(Br)cc12. The highest BCUT2D eigenvalue weighted by atomic mass is 79.9. The Kier molecular flexibility index (Phi) is 7.79. The van der Waals surface area contributed by atoms with E-state index in [0.717, 1.165) is 21.3 Å². The van der Waals surface area contributed by atoms with Crippen LogP contribution in [0.25, 0.3) is 22.2 Å². The van der Waals surface area contributed by atoms with Crippen molar-refractivity contribution >= 4 is 50.1 Å². The maximum Gasteiger partial charge on any atom is 0.337 e. The number of esters is 1. The average Bonchev–Trinajstić information content (AvgIpc) is 2.91. The van der Waals surface area contributed by atoms with Gasteiger partial charge in [-0.15, -0.1) is 0 Å². The second-order valence-corrected chi connectivity index (χ2v) is 9.08. The smallest absolute Gasteiger partial charge is 0.337 e. The van der Waals surface area contributed by atoms with E-state index in [0.29, 0.717) is 39.0 Å². The fraction of sp³-hybridized carbons (Fsp3) is 0.103. The molecule has 7 nitrogen and oxygen atoms in total. The summed E-state index contributed by atoms with van der Waals surface area (Å²) in [6, 6.07) is 20.3. The molecule has 186 valence electrons. The molecule has 3 aromatic carbocycles. The summed E-state index contributed by atoms with van der Waals surface area (Å²) in [6.45, 7) is 1.89. The maximum atomic E-state index is 13.9. The van der Waals surface area contributed by atoms with Crippen molar-refractivity contribution in [1.29, 1.82) is 0 Å². The van der Waals surface area contributed by atoms with E-state index in [1.165, 1.54) is 13.3 Å². The van der Waals surface area contributed by atoms with Gasteiger partial charge in [-0.05, 0) is 61.2 Å². The first kappa shape index (κ1) is 25.8. The highest BCUT2D eigenvalue weighted by molar-refractivity contribution is 9.10. The van der Waals surface area contributed by atoms with Crippen LogP contribution < -0.4 is 11.1 Å². The highest BCUT2D eigenvalue weighted by Crippen LogP contribution is 2.32. The van der Waals surface area contributed by atoms with E-state index in [1.807, 2.05) is 55.5 Å². The number of aliphatic imine (C=N–C) groups is 1. The Bertz CT molecular complexity index is 1560. The predicted octanol–water partition coefficient (Wildman–Crippen LogP) is 5.90. The van der Waals surface area contributed by atoms with E-state index in [4.69, 9.17) is 15.5 Å². The Morgan fingerprint density at radius 2 is 1.84 bits per heavy atom. The van der Waals surface area contributed by atoms with Crippen LogP contribution in [-0.2, 0) is 4.74 Å². The Morgan fingerprint density at radius 1 is 1.08 bits per heavy atom. The van der Waals surface area contributed by atoms with Crippen molar-refractivity contribution in [2.24, 2.45) is 10.7 Å². The number of aromatic nitrogens is 1. The van der Waals surface area contributed by atoms with Crippen LogP contribution in [0, 0.1) is 6.92 Å². The summed E-state index contributed by atoms with van der Waals surface area (Å²) in [4.78, 5) is 35.2. The topological polar surface area (TPSA) is 107 Å². The molecule has 0 radical (unpaired) electrons. The molecule has 8 heteroatoms. The van der Waals surface area contributed by atoms with Crippen molar-refractivity contribution in [2.75, 3.05) is 19.5 Å². The minimum atomic E-state index is -0.500. The molecular formula is C29H25BrN4O3. The van der Waals surface area contributed by atoms with Crippen LogP contribution in [0.3, 0.4) is 0 Å². The van der Waals surface area contributed by atoms with Crippen LogP contribution in [0.4, 0.5) is 5.69 Å². The van der Waals surface area contributed by atoms with Crippen molar-refractivity contribution in [2.45, 2.75) is 6.92 Å². The molecule has 0 aliphatic carbocycles. The number of benzene rings is 3. The zero-order chi connectivity index (χ0) is 26.5. The summed E-state index contributed by atoms with van der Waals surface area (Å²) in [6.07, 6.45) is 2.95. The lowest BCUT2D eigenvalue weighted by atomic mass is 9.96. The number of halogens is 1. The number of carbonyl (C=O) groups excluding carboxylic acids is 2. The van der Waals surface area contributed by atoms with Gasteiger partial charge in [-0.3, -0.25) is 9.79 Å². The Morgan fingerprint density at radius 3 is 2.51 bits per heavy atom. The third kappa shape index (κ3) is 5.29. The Hall–Kier alpha value is -4.30. The normalized spacial score (nSPS) is 11.6. The number of ether oxygens (including phenoxy) is 1. The first-order valence-electron chi connectivity index (χ1n) is 11.4. The first-order chi connectivity index (χ1) is 17.9. The Balaban J connectivity index is 1.89.